The van der Waals surface area contributed by atoms with Gasteiger partial charge in [0.1, 0.15) is 12.6 Å². The highest BCUT2D eigenvalue weighted by molar-refractivity contribution is 6.33. The van der Waals surface area contributed by atoms with Crippen molar-refractivity contribution >= 4 is 45.0 Å². The molecular weight excluding hydrogens is 391 g/mol. The lowest BCUT2D eigenvalue weighted by Crippen LogP contribution is -3.13. The van der Waals surface area contributed by atoms with Gasteiger partial charge in [0, 0.05) is 31.9 Å². The summed E-state index contributed by atoms with van der Waals surface area (Å²) in [5.41, 5.74) is 2.17. The Morgan fingerprint density at radius 3 is 1.86 bits per heavy atom. The molecule has 0 radical (unpaired) electrons. The number of nitrogens with one attached hydrogen (secondary N) is 1. The van der Waals surface area contributed by atoms with Crippen LogP contribution in [0, 0.1) is 0 Å². The number of rotatable bonds is 10. The molecule has 2 N–H and O–H groups in total. The van der Waals surface area contributed by atoms with Gasteiger partial charge in [-0.25, -0.2) is 0 Å². The van der Waals surface area contributed by atoms with Crippen molar-refractivity contribution in [2.24, 2.45) is 0 Å². The molecule has 0 bridgehead atoms. The third-order valence-electron chi connectivity index (χ3n) is 5.47. The van der Waals surface area contributed by atoms with Crippen molar-refractivity contribution < 1.29 is 10.0 Å². The molecule has 152 valence electrons. The van der Waals surface area contributed by atoms with Crippen LogP contribution in [0.3, 0.4) is 0 Å². The molecule has 2 aromatic carbocycles. The fourth-order valence-electron chi connectivity index (χ4n) is 4.04. The molecule has 3 rings (SSSR count). The maximum Gasteiger partial charge on any atom is 0.121 e. The Labute approximate surface area is 177 Å². The number of hydrogen-bond donors (Lipinski definition) is 2. The predicted molar refractivity (Wildman–Crippen MR) is 121 cm³/mol. The normalized spacial score (nSPS) is 13.1. The second-order valence-corrected chi connectivity index (χ2v) is 8.62. The molecule has 0 aliphatic heterocycles. The Hall–Kier alpha value is -1.26. The van der Waals surface area contributed by atoms with E-state index in [4.69, 9.17) is 23.2 Å². The lowest BCUT2D eigenvalue weighted by atomic mass is 10.1. The van der Waals surface area contributed by atoms with Gasteiger partial charge in [-0.3, -0.25) is 0 Å². The molecule has 5 heteroatoms. The summed E-state index contributed by atoms with van der Waals surface area (Å²) >= 11 is 12.5. The molecule has 0 fully saturated rings. The monoisotopic (exact) mass is 421 g/mol. The average molecular weight is 422 g/mol. The Bertz CT molecular complexity index is 854. The smallest absolute Gasteiger partial charge is 0.121 e. The van der Waals surface area contributed by atoms with Crippen LogP contribution in [-0.4, -0.2) is 35.4 Å². The number of aliphatic hydroxyl groups is 1. The number of unbranched alkanes of at least 4 members (excludes halogenated alkanes) is 2. The van der Waals surface area contributed by atoms with Gasteiger partial charge in [0.05, 0.1) is 19.6 Å². The van der Waals surface area contributed by atoms with E-state index in [1.807, 2.05) is 36.4 Å². The number of nitrogens with zero attached hydrogens (tertiary/aromatic N) is 1. The summed E-state index contributed by atoms with van der Waals surface area (Å²) in [5.74, 6) is 0. The minimum atomic E-state index is -0.395. The summed E-state index contributed by atoms with van der Waals surface area (Å²) in [4.78, 5) is 1.50. The van der Waals surface area contributed by atoms with Crippen molar-refractivity contribution in [3.8, 4) is 0 Å². The minimum absolute atomic E-state index is 0.395. The summed E-state index contributed by atoms with van der Waals surface area (Å²) in [6.07, 6.45) is 4.41. The van der Waals surface area contributed by atoms with E-state index >= 15 is 0 Å². The van der Waals surface area contributed by atoms with Crippen molar-refractivity contribution in [1.82, 2.24) is 4.57 Å². The number of quaternary nitrogens is 1. The van der Waals surface area contributed by atoms with Crippen LogP contribution in [0.2, 0.25) is 10.0 Å². The van der Waals surface area contributed by atoms with Crippen molar-refractivity contribution in [3.05, 3.63) is 46.4 Å². The summed E-state index contributed by atoms with van der Waals surface area (Å²) in [6, 6.07) is 11.9. The maximum absolute atomic E-state index is 10.9. The Morgan fingerprint density at radius 2 is 1.39 bits per heavy atom. The molecule has 0 aliphatic rings. The predicted octanol–water partition coefficient (Wildman–Crippen LogP) is 4.95. The van der Waals surface area contributed by atoms with Crippen LogP contribution in [-0.2, 0) is 6.54 Å². The van der Waals surface area contributed by atoms with E-state index in [-0.39, 0.29) is 0 Å². The van der Waals surface area contributed by atoms with Gasteiger partial charge in [0.2, 0.25) is 0 Å². The highest BCUT2D eigenvalue weighted by Gasteiger charge is 2.18. The largest absolute Gasteiger partial charge is 0.385 e. The number of fused-ring (bicyclic) bond motifs is 3. The van der Waals surface area contributed by atoms with Gasteiger partial charge in [0.15, 0.2) is 0 Å². The second-order valence-electron chi connectivity index (χ2n) is 7.75. The summed E-state index contributed by atoms with van der Waals surface area (Å²) in [6.45, 7) is 8.07. The van der Waals surface area contributed by atoms with Gasteiger partial charge in [-0.05, 0) is 49.2 Å². The first-order valence-electron chi connectivity index (χ1n) is 10.4. The van der Waals surface area contributed by atoms with E-state index in [1.54, 1.807) is 0 Å². The van der Waals surface area contributed by atoms with Gasteiger partial charge < -0.3 is 14.6 Å². The van der Waals surface area contributed by atoms with E-state index in [0.717, 1.165) is 41.4 Å². The van der Waals surface area contributed by atoms with Crippen molar-refractivity contribution in [1.29, 1.82) is 0 Å². The third-order valence-corrected chi connectivity index (χ3v) is 5.94. The SMILES string of the molecule is CCCC[NH+](CCCC)C[C@H](O)Cn1c2ccc(Cl)cc2c2cc(Cl)ccc21. The highest BCUT2D eigenvalue weighted by Crippen LogP contribution is 2.32. The molecule has 0 saturated carbocycles. The number of halogens is 2. The first-order chi connectivity index (χ1) is 13.5. The van der Waals surface area contributed by atoms with Gasteiger partial charge in [-0.2, -0.15) is 0 Å². The lowest BCUT2D eigenvalue weighted by Gasteiger charge is -2.23. The third kappa shape index (κ3) is 5.01. The van der Waals surface area contributed by atoms with Crippen LogP contribution in [0.15, 0.2) is 36.4 Å². The first-order valence-corrected chi connectivity index (χ1v) is 11.2. The van der Waals surface area contributed by atoms with E-state index in [9.17, 15) is 5.11 Å². The zero-order valence-electron chi connectivity index (χ0n) is 16.8. The first kappa shape index (κ1) is 21.4. The fraction of sp³-hybridized carbons (Fsp3) is 0.478. The topological polar surface area (TPSA) is 29.6 Å². The Kier molecular flexibility index (Phi) is 7.64. The Balaban J connectivity index is 1.87. The molecule has 0 amide bonds. The van der Waals surface area contributed by atoms with Gasteiger partial charge in [-0.1, -0.05) is 49.9 Å². The summed E-state index contributed by atoms with van der Waals surface area (Å²) in [5, 5.41) is 14.5. The van der Waals surface area contributed by atoms with Crippen LogP contribution >= 0.6 is 23.2 Å². The van der Waals surface area contributed by atoms with Crippen LogP contribution in [0.4, 0.5) is 0 Å². The summed E-state index contributed by atoms with van der Waals surface area (Å²) < 4.78 is 2.21. The molecule has 0 saturated heterocycles. The zero-order chi connectivity index (χ0) is 20.1. The van der Waals surface area contributed by atoms with Crippen molar-refractivity contribution in [2.75, 3.05) is 19.6 Å². The standard InChI is InChI=1S/C23H30Cl2N2O/c1-3-5-11-26(12-6-4-2)15-19(28)16-27-22-9-7-17(24)13-20(22)21-14-18(25)8-10-23(21)27/h7-10,13-14,19,28H,3-6,11-12,15-16H2,1-2H3/p+1/t19-/m0/s1. The molecule has 1 atom stereocenters. The second kappa shape index (κ2) is 9.98. The average Bonchev–Trinajstić information content (AvgIpc) is 2.96. The van der Waals surface area contributed by atoms with Gasteiger partial charge >= 0.3 is 0 Å². The van der Waals surface area contributed by atoms with Crippen molar-refractivity contribution in [2.45, 2.75) is 52.2 Å². The minimum Gasteiger partial charge on any atom is -0.385 e. The molecule has 0 spiro atoms. The van der Waals surface area contributed by atoms with Crippen molar-refractivity contribution in [3.63, 3.8) is 0 Å². The molecule has 1 aromatic heterocycles. The van der Waals surface area contributed by atoms with E-state index < -0.39 is 6.10 Å². The highest BCUT2D eigenvalue weighted by atomic mass is 35.5. The number of hydrogen-bond acceptors (Lipinski definition) is 1. The fourth-order valence-corrected chi connectivity index (χ4v) is 4.38. The number of aliphatic hydroxyl groups excluding tert-OH is 1. The van der Waals surface area contributed by atoms with Crippen LogP contribution in [0.1, 0.15) is 39.5 Å². The summed E-state index contributed by atoms with van der Waals surface area (Å²) in [7, 11) is 0. The molecule has 28 heavy (non-hydrogen) atoms. The number of benzene rings is 2. The molecule has 1 heterocycles. The maximum atomic E-state index is 10.9. The van der Waals surface area contributed by atoms with E-state index in [1.165, 1.54) is 30.6 Å². The molecule has 3 nitrogen and oxygen atoms in total. The van der Waals surface area contributed by atoms with E-state index in [0.29, 0.717) is 16.6 Å². The Morgan fingerprint density at radius 1 is 0.893 bits per heavy atom. The van der Waals surface area contributed by atoms with Crippen LogP contribution in [0.5, 0.6) is 0 Å². The quantitative estimate of drug-likeness (QED) is 0.476. The lowest BCUT2D eigenvalue weighted by molar-refractivity contribution is -0.903. The zero-order valence-corrected chi connectivity index (χ0v) is 18.4. The van der Waals surface area contributed by atoms with Gasteiger partial charge in [-0.15, -0.1) is 0 Å². The molecule has 0 unspecified atom stereocenters. The van der Waals surface area contributed by atoms with Crippen LogP contribution in [0.25, 0.3) is 21.8 Å². The van der Waals surface area contributed by atoms with Gasteiger partial charge in [0.25, 0.3) is 0 Å². The van der Waals surface area contributed by atoms with Crippen LogP contribution < -0.4 is 4.90 Å². The molecule has 0 aliphatic carbocycles. The molecular formula is C23H31Cl2N2O+. The van der Waals surface area contributed by atoms with E-state index in [2.05, 4.69) is 18.4 Å². The molecule has 3 aromatic rings. The number of aromatic nitrogens is 1.